The second-order valence-corrected chi connectivity index (χ2v) is 5.44. The number of aryl methyl sites for hydroxylation is 1. The minimum atomic E-state index is -0.467. The van der Waals surface area contributed by atoms with Crippen LogP contribution in [0.25, 0.3) is 0 Å². The zero-order valence-corrected chi connectivity index (χ0v) is 12.0. The molecule has 1 N–H and O–H groups in total. The summed E-state index contributed by atoms with van der Waals surface area (Å²) in [6.45, 7) is 0. The van der Waals surface area contributed by atoms with E-state index in [4.69, 9.17) is 0 Å². The van der Waals surface area contributed by atoms with Crippen molar-refractivity contribution in [3.8, 4) is 0 Å². The van der Waals surface area contributed by atoms with Gasteiger partial charge in [0.25, 0.3) is 5.69 Å². The average Bonchev–Trinajstić information content (AvgIpc) is 2.54. The van der Waals surface area contributed by atoms with Crippen molar-refractivity contribution in [3.05, 3.63) is 69.8 Å². The van der Waals surface area contributed by atoms with Gasteiger partial charge in [-0.25, -0.2) is 0 Å². The lowest BCUT2D eigenvalue weighted by molar-refractivity contribution is -0.384. The molecule has 1 amide bonds. The van der Waals surface area contributed by atoms with Crippen molar-refractivity contribution in [2.24, 2.45) is 0 Å². The fourth-order valence-corrected chi connectivity index (χ4v) is 2.95. The summed E-state index contributed by atoms with van der Waals surface area (Å²) in [7, 11) is 0. The molecule has 1 aliphatic rings. The van der Waals surface area contributed by atoms with Crippen LogP contribution in [-0.4, -0.2) is 10.8 Å². The maximum absolute atomic E-state index is 12.5. The Labute approximate surface area is 128 Å². The van der Waals surface area contributed by atoms with E-state index < -0.39 is 4.92 Å². The zero-order chi connectivity index (χ0) is 15.5. The van der Waals surface area contributed by atoms with Gasteiger partial charge in [-0.05, 0) is 36.5 Å². The number of nitrogens with zero attached hydrogens (tertiary/aromatic N) is 1. The molecule has 0 bridgehead atoms. The van der Waals surface area contributed by atoms with E-state index in [-0.39, 0.29) is 17.5 Å². The lowest BCUT2D eigenvalue weighted by Gasteiger charge is -2.24. The normalized spacial score (nSPS) is 16.6. The standard InChI is InChI=1S/C17H16N2O3/c20-17(18-13-7-4-8-14(11-13)19(21)22)16-10-3-6-12-5-1-2-9-15(12)16/h1-2,4-5,7-9,11,16H,3,6,10H2,(H,18,20). The Bertz CT molecular complexity index is 727. The molecule has 0 radical (unpaired) electrons. The molecule has 1 atom stereocenters. The van der Waals surface area contributed by atoms with Crippen LogP contribution in [0.2, 0.25) is 0 Å². The van der Waals surface area contributed by atoms with E-state index in [9.17, 15) is 14.9 Å². The molecule has 2 aromatic carbocycles. The first-order chi connectivity index (χ1) is 10.6. The zero-order valence-electron chi connectivity index (χ0n) is 12.0. The van der Waals surface area contributed by atoms with Crippen molar-refractivity contribution in [2.75, 3.05) is 5.32 Å². The average molecular weight is 296 g/mol. The van der Waals surface area contributed by atoms with Gasteiger partial charge in [0, 0.05) is 17.8 Å². The number of hydrogen-bond acceptors (Lipinski definition) is 3. The Morgan fingerprint density at radius 2 is 2.00 bits per heavy atom. The SMILES string of the molecule is O=C(Nc1cccc([N+](=O)[O-])c1)C1CCCc2ccccc21. The van der Waals surface area contributed by atoms with Gasteiger partial charge in [0.2, 0.25) is 5.91 Å². The molecule has 0 aliphatic heterocycles. The van der Waals surface area contributed by atoms with Crippen LogP contribution in [0.5, 0.6) is 0 Å². The van der Waals surface area contributed by atoms with Crippen LogP contribution < -0.4 is 5.32 Å². The van der Waals surface area contributed by atoms with Crippen molar-refractivity contribution < 1.29 is 9.72 Å². The third-order valence-electron chi connectivity index (χ3n) is 4.01. The topological polar surface area (TPSA) is 72.2 Å². The Morgan fingerprint density at radius 1 is 1.18 bits per heavy atom. The Hall–Kier alpha value is -2.69. The molecule has 5 heteroatoms. The predicted molar refractivity (Wildman–Crippen MR) is 83.8 cm³/mol. The summed E-state index contributed by atoms with van der Waals surface area (Å²) in [5.41, 5.74) is 2.72. The largest absolute Gasteiger partial charge is 0.325 e. The molecule has 3 rings (SSSR count). The molecule has 22 heavy (non-hydrogen) atoms. The van der Waals surface area contributed by atoms with Crippen molar-refractivity contribution >= 4 is 17.3 Å². The van der Waals surface area contributed by atoms with E-state index in [0.717, 1.165) is 24.8 Å². The molecule has 0 heterocycles. The Kier molecular flexibility index (Phi) is 3.87. The number of nitrogens with one attached hydrogen (secondary N) is 1. The molecule has 0 aromatic heterocycles. The summed E-state index contributed by atoms with van der Waals surface area (Å²) in [5, 5.41) is 13.6. The first-order valence-electron chi connectivity index (χ1n) is 7.28. The van der Waals surface area contributed by atoms with E-state index in [1.807, 2.05) is 18.2 Å². The lowest BCUT2D eigenvalue weighted by atomic mass is 9.82. The van der Waals surface area contributed by atoms with Crippen LogP contribution in [0.3, 0.4) is 0 Å². The predicted octanol–water partition coefficient (Wildman–Crippen LogP) is 3.65. The van der Waals surface area contributed by atoms with Crippen molar-refractivity contribution in [2.45, 2.75) is 25.2 Å². The van der Waals surface area contributed by atoms with Gasteiger partial charge >= 0.3 is 0 Å². The number of benzene rings is 2. The van der Waals surface area contributed by atoms with Gasteiger partial charge in [0.1, 0.15) is 0 Å². The number of carbonyl (C=O) groups excluding carboxylic acids is 1. The molecule has 0 spiro atoms. The second kappa shape index (κ2) is 5.97. The minimum absolute atomic E-state index is 0.0261. The molecular formula is C17H16N2O3. The minimum Gasteiger partial charge on any atom is -0.325 e. The third-order valence-corrected chi connectivity index (χ3v) is 4.01. The summed E-state index contributed by atoms with van der Waals surface area (Å²) < 4.78 is 0. The molecule has 112 valence electrons. The number of anilines is 1. The number of rotatable bonds is 3. The maximum Gasteiger partial charge on any atom is 0.271 e. The van der Waals surface area contributed by atoms with E-state index in [1.165, 1.54) is 17.7 Å². The highest BCUT2D eigenvalue weighted by atomic mass is 16.6. The summed E-state index contributed by atoms with van der Waals surface area (Å²) in [4.78, 5) is 22.9. The molecule has 2 aromatic rings. The van der Waals surface area contributed by atoms with Gasteiger partial charge in [0.05, 0.1) is 10.8 Å². The second-order valence-electron chi connectivity index (χ2n) is 5.44. The number of hydrogen-bond donors (Lipinski definition) is 1. The molecule has 1 unspecified atom stereocenters. The van der Waals surface area contributed by atoms with E-state index in [2.05, 4.69) is 11.4 Å². The van der Waals surface area contributed by atoms with E-state index in [1.54, 1.807) is 12.1 Å². The van der Waals surface area contributed by atoms with Crippen LogP contribution in [-0.2, 0) is 11.2 Å². The Balaban J connectivity index is 1.81. The highest BCUT2D eigenvalue weighted by Crippen LogP contribution is 2.32. The van der Waals surface area contributed by atoms with Crippen LogP contribution >= 0.6 is 0 Å². The first kappa shape index (κ1) is 14.3. The summed E-state index contributed by atoms with van der Waals surface area (Å²) in [6, 6.07) is 14.0. The van der Waals surface area contributed by atoms with Gasteiger partial charge in [-0.1, -0.05) is 30.3 Å². The molecular weight excluding hydrogens is 280 g/mol. The number of non-ortho nitro benzene ring substituents is 1. The smallest absolute Gasteiger partial charge is 0.271 e. The molecule has 5 nitrogen and oxygen atoms in total. The van der Waals surface area contributed by atoms with Crippen molar-refractivity contribution in [3.63, 3.8) is 0 Å². The highest BCUT2D eigenvalue weighted by molar-refractivity contribution is 5.96. The van der Waals surface area contributed by atoms with Gasteiger partial charge in [-0.2, -0.15) is 0 Å². The Morgan fingerprint density at radius 3 is 2.82 bits per heavy atom. The third kappa shape index (κ3) is 2.83. The number of nitro groups is 1. The number of nitro benzene ring substituents is 1. The molecule has 0 fully saturated rings. The van der Waals surface area contributed by atoms with Gasteiger partial charge < -0.3 is 5.32 Å². The van der Waals surface area contributed by atoms with Crippen molar-refractivity contribution in [1.29, 1.82) is 0 Å². The van der Waals surface area contributed by atoms with Crippen LogP contribution in [0.4, 0.5) is 11.4 Å². The fourth-order valence-electron chi connectivity index (χ4n) is 2.95. The van der Waals surface area contributed by atoms with Crippen molar-refractivity contribution in [1.82, 2.24) is 0 Å². The van der Waals surface area contributed by atoms with Gasteiger partial charge in [0.15, 0.2) is 0 Å². The molecule has 0 saturated carbocycles. The van der Waals surface area contributed by atoms with E-state index >= 15 is 0 Å². The molecule has 1 aliphatic carbocycles. The first-order valence-corrected chi connectivity index (χ1v) is 7.28. The van der Waals surface area contributed by atoms with Gasteiger partial charge in [-0.3, -0.25) is 14.9 Å². The monoisotopic (exact) mass is 296 g/mol. The van der Waals surface area contributed by atoms with Gasteiger partial charge in [-0.15, -0.1) is 0 Å². The summed E-state index contributed by atoms with van der Waals surface area (Å²) in [5.74, 6) is -0.295. The van der Waals surface area contributed by atoms with E-state index in [0.29, 0.717) is 5.69 Å². The highest BCUT2D eigenvalue weighted by Gasteiger charge is 2.26. The number of fused-ring (bicyclic) bond motifs is 1. The number of carbonyl (C=O) groups is 1. The fraction of sp³-hybridized carbons (Fsp3) is 0.235. The summed E-state index contributed by atoms with van der Waals surface area (Å²) >= 11 is 0. The maximum atomic E-state index is 12.5. The van der Waals surface area contributed by atoms with Crippen LogP contribution in [0, 0.1) is 10.1 Å². The summed E-state index contributed by atoms with van der Waals surface area (Å²) in [6.07, 6.45) is 2.78. The number of amides is 1. The lowest BCUT2D eigenvalue weighted by Crippen LogP contribution is -2.24. The molecule has 0 saturated heterocycles. The van der Waals surface area contributed by atoms with Crippen LogP contribution in [0.15, 0.2) is 48.5 Å². The quantitative estimate of drug-likeness (QED) is 0.694. The van der Waals surface area contributed by atoms with Crippen LogP contribution in [0.1, 0.15) is 29.9 Å².